The number of nitrogens with one attached hydrogen (secondary N) is 1. The molecular formula is C25H34N2O2. The zero-order chi connectivity index (χ0) is 20.4. The first-order valence-electron chi connectivity index (χ1n) is 10.9. The van der Waals surface area contributed by atoms with Gasteiger partial charge in [0, 0.05) is 37.8 Å². The summed E-state index contributed by atoms with van der Waals surface area (Å²) in [4.78, 5) is 2.54. The lowest BCUT2D eigenvalue weighted by molar-refractivity contribution is 0.192. The summed E-state index contributed by atoms with van der Waals surface area (Å²) in [5.74, 6) is 3.11. The average Bonchev–Trinajstić information content (AvgIpc) is 3.58. The topological polar surface area (TPSA) is 33.7 Å². The molecule has 1 aliphatic carbocycles. The summed E-state index contributed by atoms with van der Waals surface area (Å²) in [5, 5.41) is 3.73. The van der Waals surface area contributed by atoms with Gasteiger partial charge in [0.25, 0.3) is 0 Å². The van der Waals surface area contributed by atoms with E-state index >= 15 is 0 Å². The minimum Gasteiger partial charge on any atom is -0.496 e. The van der Waals surface area contributed by atoms with Gasteiger partial charge in [-0.05, 0) is 53.5 Å². The van der Waals surface area contributed by atoms with Gasteiger partial charge < -0.3 is 14.8 Å². The van der Waals surface area contributed by atoms with Crippen molar-refractivity contribution in [2.75, 3.05) is 33.9 Å². The number of benzene rings is 2. The number of methoxy groups -OCH3 is 2. The minimum absolute atomic E-state index is 0.372. The number of rotatable bonds is 7. The highest BCUT2D eigenvalue weighted by atomic mass is 16.5. The molecule has 1 saturated heterocycles. The van der Waals surface area contributed by atoms with Gasteiger partial charge in [-0.1, -0.05) is 38.1 Å². The van der Waals surface area contributed by atoms with Crippen molar-refractivity contribution in [2.45, 2.75) is 51.1 Å². The fourth-order valence-electron chi connectivity index (χ4n) is 4.63. The Balaban J connectivity index is 1.53. The summed E-state index contributed by atoms with van der Waals surface area (Å²) in [7, 11) is 3.54. The third kappa shape index (κ3) is 4.44. The lowest BCUT2D eigenvalue weighted by Crippen LogP contribution is -2.45. The molecule has 0 spiro atoms. The van der Waals surface area contributed by atoms with Gasteiger partial charge in [0.1, 0.15) is 11.5 Å². The first-order valence-corrected chi connectivity index (χ1v) is 10.9. The number of nitrogens with zero attached hydrogens (tertiary/aromatic N) is 1. The van der Waals surface area contributed by atoms with E-state index in [0.717, 1.165) is 37.7 Å². The van der Waals surface area contributed by atoms with E-state index in [1.807, 2.05) is 0 Å². The standard InChI is InChI=1S/C25H34N2O2/c1-17(2)20-7-5-6-8-21(20)22-16-27(12-11-26-22)15-18-13-23(28-3)25(19-9-10-19)24(14-18)29-4/h5-8,13-14,17,19,22,26H,9-12,15-16H2,1-4H3. The van der Waals surface area contributed by atoms with Crippen molar-refractivity contribution in [3.63, 3.8) is 0 Å². The monoisotopic (exact) mass is 394 g/mol. The summed E-state index contributed by atoms with van der Waals surface area (Å²) in [6.45, 7) is 8.54. The third-order valence-electron chi connectivity index (χ3n) is 6.25. The molecule has 1 atom stereocenters. The SMILES string of the molecule is COc1cc(CN2CCNC(c3ccccc3C(C)C)C2)cc(OC)c1C1CC1. The maximum Gasteiger partial charge on any atom is 0.126 e. The van der Waals surface area contributed by atoms with Crippen LogP contribution in [0.1, 0.15) is 66.8 Å². The second kappa shape index (κ2) is 8.76. The molecule has 2 aromatic rings. The Labute approximate surface area is 175 Å². The van der Waals surface area contributed by atoms with E-state index in [0.29, 0.717) is 17.9 Å². The van der Waals surface area contributed by atoms with Gasteiger partial charge in [-0.15, -0.1) is 0 Å². The van der Waals surface area contributed by atoms with Crippen LogP contribution in [0.2, 0.25) is 0 Å². The van der Waals surface area contributed by atoms with E-state index in [4.69, 9.17) is 9.47 Å². The molecule has 4 rings (SSSR count). The molecule has 156 valence electrons. The summed E-state index contributed by atoms with van der Waals surface area (Å²) in [6, 6.07) is 13.7. The van der Waals surface area contributed by atoms with Crippen LogP contribution >= 0.6 is 0 Å². The van der Waals surface area contributed by atoms with E-state index < -0.39 is 0 Å². The second-order valence-corrected chi connectivity index (χ2v) is 8.71. The van der Waals surface area contributed by atoms with Gasteiger partial charge in [-0.2, -0.15) is 0 Å². The van der Waals surface area contributed by atoms with Crippen molar-refractivity contribution >= 4 is 0 Å². The number of ether oxygens (including phenoxy) is 2. The van der Waals surface area contributed by atoms with Crippen LogP contribution in [-0.4, -0.2) is 38.8 Å². The molecular weight excluding hydrogens is 360 g/mol. The van der Waals surface area contributed by atoms with Crippen molar-refractivity contribution in [3.05, 3.63) is 58.7 Å². The van der Waals surface area contributed by atoms with Crippen LogP contribution in [0.5, 0.6) is 11.5 Å². The minimum atomic E-state index is 0.372. The normalized spacial score (nSPS) is 20.1. The quantitative estimate of drug-likeness (QED) is 0.728. The van der Waals surface area contributed by atoms with E-state index in [1.54, 1.807) is 14.2 Å². The van der Waals surface area contributed by atoms with Crippen LogP contribution in [0.4, 0.5) is 0 Å². The van der Waals surface area contributed by atoms with Gasteiger partial charge in [0.05, 0.1) is 14.2 Å². The van der Waals surface area contributed by atoms with E-state index in [-0.39, 0.29) is 0 Å². The Morgan fingerprint density at radius 3 is 2.38 bits per heavy atom. The third-order valence-corrected chi connectivity index (χ3v) is 6.25. The molecule has 2 aromatic carbocycles. The van der Waals surface area contributed by atoms with E-state index in [2.05, 4.69) is 60.5 Å². The van der Waals surface area contributed by atoms with Crippen molar-refractivity contribution in [2.24, 2.45) is 0 Å². The number of piperazine rings is 1. The maximum atomic E-state index is 5.74. The van der Waals surface area contributed by atoms with Crippen LogP contribution in [0.3, 0.4) is 0 Å². The lowest BCUT2D eigenvalue weighted by Gasteiger charge is -2.35. The predicted molar refractivity (Wildman–Crippen MR) is 118 cm³/mol. The van der Waals surface area contributed by atoms with Gasteiger partial charge >= 0.3 is 0 Å². The molecule has 2 aliphatic rings. The van der Waals surface area contributed by atoms with Crippen molar-refractivity contribution in [3.8, 4) is 11.5 Å². The van der Waals surface area contributed by atoms with Gasteiger partial charge in [-0.25, -0.2) is 0 Å². The molecule has 0 amide bonds. The Kier molecular flexibility index (Phi) is 6.12. The van der Waals surface area contributed by atoms with Crippen molar-refractivity contribution in [1.29, 1.82) is 0 Å². The highest BCUT2D eigenvalue weighted by molar-refractivity contribution is 5.51. The zero-order valence-electron chi connectivity index (χ0n) is 18.2. The highest BCUT2D eigenvalue weighted by Crippen LogP contribution is 2.49. The fraction of sp³-hybridized carbons (Fsp3) is 0.520. The molecule has 1 saturated carbocycles. The van der Waals surface area contributed by atoms with Crippen LogP contribution in [0.25, 0.3) is 0 Å². The fourth-order valence-corrected chi connectivity index (χ4v) is 4.63. The Morgan fingerprint density at radius 2 is 1.76 bits per heavy atom. The van der Waals surface area contributed by atoms with Gasteiger partial charge in [-0.3, -0.25) is 4.90 Å². The first-order chi connectivity index (χ1) is 14.1. The molecule has 1 unspecified atom stereocenters. The molecule has 0 radical (unpaired) electrons. The van der Waals surface area contributed by atoms with Crippen molar-refractivity contribution < 1.29 is 9.47 Å². The van der Waals surface area contributed by atoms with Crippen molar-refractivity contribution in [1.82, 2.24) is 10.2 Å². The highest BCUT2D eigenvalue weighted by Gasteiger charge is 2.31. The summed E-state index contributed by atoms with van der Waals surface area (Å²) < 4.78 is 11.5. The Morgan fingerprint density at radius 1 is 1.07 bits per heavy atom. The van der Waals surface area contributed by atoms with Gasteiger partial charge in [0.2, 0.25) is 0 Å². The van der Waals surface area contributed by atoms with E-state index in [9.17, 15) is 0 Å². The molecule has 1 heterocycles. The molecule has 1 aliphatic heterocycles. The Hall–Kier alpha value is -2.04. The molecule has 0 aromatic heterocycles. The van der Waals surface area contributed by atoms with Crippen LogP contribution in [0.15, 0.2) is 36.4 Å². The number of hydrogen-bond acceptors (Lipinski definition) is 4. The second-order valence-electron chi connectivity index (χ2n) is 8.71. The molecule has 2 fully saturated rings. The number of hydrogen-bond donors (Lipinski definition) is 1. The van der Waals surface area contributed by atoms with Gasteiger partial charge in [0.15, 0.2) is 0 Å². The lowest BCUT2D eigenvalue weighted by atomic mass is 9.91. The Bertz CT molecular complexity index is 819. The van der Waals surface area contributed by atoms with E-state index in [1.165, 1.54) is 35.1 Å². The summed E-state index contributed by atoms with van der Waals surface area (Å²) >= 11 is 0. The predicted octanol–water partition coefficient (Wildman–Crippen LogP) is 4.85. The first kappa shape index (κ1) is 20.2. The molecule has 4 heteroatoms. The summed E-state index contributed by atoms with van der Waals surface area (Å²) in [6.07, 6.45) is 2.47. The average molecular weight is 395 g/mol. The van der Waals surface area contributed by atoms with Crippen LogP contribution in [0, 0.1) is 0 Å². The maximum absolute atomic E-state index is 5.74. The molecule has 0 bridgehead atoms. The molecule has 4 nitrogen and oxygen atoms in total. The smallest absolute Gasteiger partial charge is 0.126 e. The molecule has 29 heavy (non-hydrogen) atoms. The zero-order valence-corrected chi connectivity index (χ0v) is 18.2. The largest absolute Gasteiger partial charge is 0.496 e. The molecule has 1 N–H and O–H groups in total. The van der Waals surface area contributed by atoms with Crippen LogP contribution in [-0.2, 0) is 6.54 Å². The summed E-state index contributed by atoms with van der Waals surface area (Å²) in [5.41, 5.74) is 5.40. The van der Waals surface area contributed by atoms with Crippen LogP contribution < -0.4 is 14.8 Å².